The molecule has 0 aliphatic rings. The van der Waals surface area contributed by atoms with Crippen molar-refractivity contribution in [3.8, 4) is 22.8 Å². The minimum Gasteiger partial charge on any atom is -0.383 e. The predicted octanol–water partition coefficient (Wildman–Crippen LogP) is 4.50. The molecule has 4 rings (SSSR count). The third-order valence-electron chi connectivity index (χ3n) is 4.49. The zero-order valence-electron chi connectivity index (χ0n) is 16.8. The summed E-state index contributed by atoms with van der Waals surface area (Å²) in [5.74, 6) is 0.706. The van der Waals surface area contributed by atoms with Gasteiger partial charge in [0, 0.05) is 16.3 Å². The molecule has 0 saturated heterocycles. The van der Waals surface area contributed by atoms with E-state index in [0.29, 0.717) is 27.1 Å². The van der Waals surface area contributed by atoms with Crippen LogP contribution in [0.15, 0.2) is 58.1 Å². The number of nitrogens with one attached hydrogen (secondary N) is 1. The maximum absolute atomic E-state index is 12.5. The predicted molar refractivity (Wildman–Crippen MR) is 122 cm³/mol. The lowest BCUT2D eigenvalue weighted by Crippen LogP contribution is -2.20. The first-order valence-electron chi connectivity index (χ1n) is 9.31. The zero-order valence-corrected chi connectivity index (χ0v) is 18.4. The van der Waals surface area contributed by atoms with Crippen LogP contribution < -0.4 is 11.1 Å². The Kier molecular flexibility index (Phi) is 5.97. The fourth-order valence-electron chi connectivity index (χ4n) is 3.01. The molecule has 3 N–H and O–H groups in total. The van der Waals surface area contributed by atoms with E-state index in [1.54, 1.807) is 24.3 Å². The fourth-order valence-corrected chi connectivity index (χ4v) is 3.71. The topological polar surface area (TPSA) is 112 Å². The minimum absolute atomic E-state index is 0.0686. The lowest BCUT2D eigenvalue weighted by Gasteiger charge is -2.06. The van der Waals surface area contributed by atoms with Gasteiger partial charge in [0.25, 0.3) is 5.89 Å². The number of aryl methyl sites for hydroxylation is 1. The molecule has 8 nitrogen and oxygen atoms in total. The molecule has 2 heterocycles. The van der Waals surface area contributed by atoms with Gasteiger partial charge < -0.3 is 15.6 Å². The summed E-state index contributed by atoms with van der Waals surface area (Å²) in [6, 6.07) is 14.6. The van der Waals surface area contributed by atoms with Crippen LogP contribution in [0.3, 0.4) is 0 Å². The number of anilines is 2. The van der Waals surface area contributed by atoms with Crippen LogP contribution in [0.5, 0.6) is 0 Å². The summed E-state index contributed by atoms with van der Waals surface area (Å²) in [6.45, 7) is 1.92. The molecular weight excluding hydrogens is 436 g/mol. The van der Waals surface area contributed by atoms with Crippen LogP contribution in [0.1, 0.15) is 5.56 Å². The van der Waals surface area contributed by atoms with Crippen molar-refractivity contribution in [3.05, 3.63) is 59.1 Å². The van der Waals surface area contributed by atoms with E-state index in [1.165, 1.54) is 16.4 Å². The van der Waals surface area contributed by atoms with Gasteiger partial charge in [-0.05, 0) is 43.5 Å². The van der Waals surface area contributed by atoms with Crippen molar-refractivity contribution in [2.24, 2.45) is 0 Å². The standard InChI is InChI=1S/C21H19ClN6O2S/c1-12-4-3-5-13(10-12)19-25-20(30-27-19)17-18(23)28(26-21(17)31-2)11-16(29)24-15-8-6-14(22)7-9-15/h3-10H,11,23H2,1-2H3,(H,24,29). The van der Waals surface area contributed by atoms with Crippen LogP contribution in [-0.2, 0) is 11.3 Å². The Balaban J connectivity index is 1.58. The second-order valence-electron chi connectivity index (χ2n) is 6.77. The number of carbonyl (C=O) groups excluding carboxylic acids is 1. The van der Waals surface area contributed by atoms with E-state index >= 15 is 0 Å². The summed E-state index contributed by atoms with van der Waals surface area (Å²) in [6.07, 6.45) is 1.86. The van der Waals surface area contributed by atoms with E-state index in [9.17, 15) is 4.79 Å². The number of benzene rings is 2. The highest BCUT2D eigenvalue weighted by molar-refractivity contribution is 7.98. The van der Waals surface area contributed by atoms with Gasteiger partial charge in [-0.1, -0.05) is 40.5 Å². The first kappa shape index (κ1) is 21.0. The number of hydrogen-bond donors (Lipinski definition) is 2. The molecule has 158 valence electrons. The Morgan fingerprint density at radius 1 is 1.26 bits per heavy atom. The lowest BCUT2D eigenvalue weighted by atomic mass is 10.1. The van der Waals surface area contributed by atoms with Gasteiger partial charge >= 0.3 is 0 Å². The Morgan fingerprint density at radius 3 is 2.74 bits per heavy atom. The third kappa shape index (κ3) is 4.57. The number of halogens is 1. The Hall–Kier alpha value is -3.30. The van der Waals surface area contributed by atoms with E-state index in [4.69, 9.17) is 21.9 Å². The highest BCUT2D eigenvalue weighted by Crippen LogP contribution is 2.35. The van der Waals surface area contributed by atoms with Gasteiger partial charge in [-0.2, -0.15) is 10.1 Å². The summed E-state index contributed by atoms with van der Waals surface area (Å²) in [5.41, 5.74) is 9.38. The molecule has 0 saturated carbocycles. The number of rotatable bonds is 6. The van der Waals surface area contributed by atoms with Crippen molar-refractivity contribution in [2.45, 2.75) is 18.5 Å². The Bertz CT molecular complexity index is 1240. The minimum atomic E-state index is -0.276. The summed E-state index contributed by atoms with van der Waals surface area (Å²) in [5, 5.41) is 12.5. The Morgan fingerprint density at radius 2 is 2.03 bits per heavy atom. The SMILES string of the molecule is CSc1nn(CC(=O)Nc2ccc(Cl)cc2)c(N)c1-c1nc(-c2cccc(C)c2)no1. The van der Waals surface area contributed by atoms with Crippen LogP contribution in [-0.4, -0.2) is 32.1 Å². The number of thioether (sulfide) groups is 1. The summed E-state index contributed by atoms with van der Waals surface area (Å²) in [7, 11) is 0. The number of nitrogens with two attached hydrogens (primary N) is 1. The summed E-state index contributed by atoms with van der Waals surface area (Å²) in [4.78, 5) is 17.0. The molecule has 4 aromatic rings. The van der Waals surface area contributed by atoms with Crippen LogP contribution in [0.25, 0.3) is 22.8 Å². The molecule has 2 aromatic heterocycles. The van der Waals surface area contributed by atoms with Gasteiger partial charge in [-0.25, -0.2) is 4.68 Å². The maximum atomic E-state index is 12.5. The lowest BCUT2D eigenvalue weighted by molar-refractivity contribution is -0.116. The van der Waals surface area contributed by atoms with Gasteiger partial charge in [0.1, 0.15) is 23.0 Å². The van der Waals surface area contributed by atoms with E-state index in [-0.39, 0.29) is 24.2 Å². The average Bonchev–Trinajstić information content (AvgIpc) is 3.34. The molecule has 0 bridgehead atoms. The van der Waals surface area contributed by atoms with Gasteiger partial charge in [0.15, 0.2) is 0 Å². The van der Waals surface area contributed by atoms with E-state index in [0.717, 1.165) is 11.1 Å². The first-order chi connectivity index (χ1) is 14.9. The van der Waals surface area contributed by atoms with Gasteiger partial charge in [0.2, 0.25) is 11.7 Å². The van der Waals surface area contributed by atoms with Crippen LogP contribution in [0, 0.1) is 6.92 Å². The van der Waals surface area contributed by atoms with Crippen molar-refractivity contribution in [1.82, 2.24) is 19.9 Å². The molecule has 31 heavy (non-hydrogen) atoms. The van der Waals surface area contributed by atoms with Crippen LogP contribution in [0.4, 0.5) is 11.5 Å². The van der Waals surface area contributed by atoms with Crippen molar-refractivity contribution < 1.29 is 9.32 Å². The van der Waals surface area contributed by atoms with Crippen molar-refractivity contribution >= 4 is 40.8 Å². The second kappa shape index (κ2) is 8.83. The molecule has 0 aliphatic heterocycles. The maximum Gasteiger partial charge on any atom is 0.264 e. The third-order valence-corrected chi connectivity index (χ3v) is 5.41. The summed E-state index contributed by atoms with van der Waals surface area (Å²) < 4.78 is 6.89. The smallest absolute Gasteiger partial charge is 0.264 e. The monoisotopic (exact) mass is 454 g/mol. The van der Waals surface area contributed by atoms with Gasteiger partial charge in [-0.3, -0.25) is 4.79 Å². The number of aromatic nitrogens is 4. The molecular formula is C21H19ClN6O2S. The average molecular weight is 455 g/mol. The van der Waals surface area contributed by atoms with E-state index < -0.39 is 0 Å². The van der Waals surface area contributed by atoms with Crippen molar-refractivity contribution in [3.63, 3.8) is 0 Å². The number of amides is 1. The molecule has 1 amide bonds. The van der Waals surface area contributed by atoms with Crippen LogP contribution >= 0.6 is 23.4 Å². The molecule has 0 radical (unpaired) electrons. The van der Waals surface area contributed by atoms with Crippen molar-refractivity contribution in [2.75, 3.05) is 17.3 Å². The molecule has 0 fully saturated rings. The zero-order chi connectivity index (χ0) is 22.0. The largest absolute Gasteiger partial charge is 0.383 e. The number of nitrogen functional groups attached to an aromatic ring is 1. The molecule has 0 atom stereocenters. The number of hydrogen-bond acceptors (Lipinski definition) is 7. The number of carbonyl (C=O) groups is 1. The molecule has 10 heteroatoms. The second-order valence-corrected chi connectivity index (χ2v) is 8.01. The molecule has 2 aromatic carbocycles. The van der Waals surface area contributed by atoms with E-state index in [1.807, 2.05) is 37.4 Å². The normalized spacial score (nSPS) is 10.9. The highest BCUT2D eigenvalue weighted by atomic mass is 35.5. The highest BCUT2D eigenvalue weighted by Gasteiger charge is 2.23. The van der Waals surface area contributed by atoms with Gasteiger partial charge in [0.05, 0.1) is 0 Å². The molecule has 0 aliphatic carbocycles. The summed E-state index contributed by atoms with van der Waals surface area (Å²) >= 11 is 7.26. The first-order valence-corrected chi connectivity index (χ1v) is 10.9. The van der Waals surface area contributed by atoms with Crippen LogP contribution in [0.2, 0.25) is 5.02 Å². The molecule has 0 spiro atoms. The van der Waals surface area contributed by atoms with Gasteiger partial charge in [-0.15, -0.1) is 11.8 Å². The quantitative estimate of drug-likeness (QED) is 0.412. The van der Waals surface area contributed by atoms with Crippen molar-refractivity contribution in [1.29, 1.82) is 0 Å². The van der Waals surface area contributed by atoms with E-state index in [2.05, 4.69) is 20.6 Å². The Labute approximate surface area is 187 Å². The fraction of sp³-hybridized carbons (Fsp3) is 0.143. The molecule has 0 unspecified atom stereocenters. The number of nitrogens with zero attached hydrogens (tertiary/aromatic N) is 4.